The van der Waals surface area contributed by atoms with Crippen molar-refractivity contribution in [2.45, 2.75) is 0 Å². The van der Waals surface area contributed by atoms with E-state index in [1.165, 1.54) is 0 Å². The molecule has 0 atom stereocenters. The Labute approximate surface area is 41.7 Å². The molecule has 0 amide bonds. The van der Waals surface area contributed by atoms with Crippen molar-refractivity contribution in [2.75, 3.05) is 0 Å². The predicted molar refractivity (Wildman–Crippen MR) is 22.1 cm³/mol. The van der Waals surface area contributed by atoms with Gasteiger partial charge in [0.15, 0.2) is 0 Å². The van der Waals surface area contributed by atoms with Crippen LogP contribution in [0, 0.1) is 0 Å². The van der Waals surface area contributed by atoms with Gasteiger partial charge in [-0.05, 0) is 0 Å². The summed E-state index contributed by atoms with van der Waals surface area (Å²) in [6.07, 6.45) is 1.67. The molecule has 0 fully saturated rings. The summed E-state index contributed by atoms with van der Waals surface area (Å²) in [6, 6.07) is 0. The zero-order valence-electron chi connectivity index (χ0n) is 2.29. The second-order valence-electron chi connectivity index (χ2n) is 0.475. The van der Waals surface area contributed by atoms with E-state index in [0.29, 0.717) is 26.7 Å². The van der Waals surface area contributed by atoms with E-state index in [0.717, 1.165) is 0 Å². The fraction of sp³-hybridized carbons (Fsp3) is 0. The Hall–Kier alpha value is 0.509. The summed E-state index contributed by atoms with van der Waals surface area (Å²) in [6.45, 7) is 0. The third-order valence-corrected chi connectivity index (χ3v) is 3.71. The van der Waals surface area contributed by atoms with Crippen LogP contribution >= 0.6 is 0 Å². The molecule has 27 valence electrons. The van der Waals surface area contributed by atoms with Crippen LogP contribution in [0.3, 0.4) is 0 Å². The molecule has 1 radical (unpaired) electrons. The van der Waals surface area contributed by atoms with E-state index < -0.39 is 0 Å². The van der Waals surface area contributed by atoms with Crippen molar-refractivity contribution < 1.29 is 0 Å². The number of nitrogens with zero attached hydrogens (tertiary/aromatic N) is 2. The number of rotatable bonds is 0. The van der Waals surface area contributed by atoms with E-state index in [2.05, 4.69) is 8.34 Å². The van der Waals surface area contributed by atoms with E-state index >= 15 is 0 Å². The molecule has 0 saturated heterocycles. The van der Waals surface area contributed by atoms with E-state index in [4.69, 9.17) is 0 Å². The Morgan fingerprint density at radius 1 is 1.40 bits per heavy atom. The summed E-state index contributed by atoms with van der Waals surface area (Å²) in [5.41, 5.74) is 0. The third kappa shape index (κ3) is 0.935. The van der Waals surface area contributed by atoms with Crippen LogP contribution in [-0.4, -0.2) is 33.0 Å². The summed E-state index contributed by atoms with van der Waals surface area (Å²) in [7, 11) is 0. The molecular weight excluding hydrogens is 198 g/mol. The molecule has 0 aromatic carbocycles. The van der Waals surface area contributed by atoms with Crippen LogP contribution in [0.2, 0.25) is 0 Å². The molecule has 1 heterocycles. The van der Waals surface area contributed by atoms with Crippen molar-refractivity contribution >= 4 is 33.0 Å². The van der Waals surface area contributed by atoms with Gasteiger partial charge in [0.25, 0.3) is 0 Å². The van der Waals surface area contributed by atoms with E-state index in [9.17, 15) is 0 Å². The molecule has 0 aliphatic carbocycles. The molecule has 1 aliphatic rings. The molecular formula is CHN2Se2. The average Bonchev–Trinajstić information content (AvgIpc) is 1.76. The van der Waals surface area contributed by atoms with Gasteiger partial charge in [-0.15, -0.1) is 0 Å². The molecule has 5 heavy (non-hydrogen) atoms. The standard InChI is InChI=1S/CHN2Se2/c1-2-4-5-3-1/h1H. The number of hydrogen-bond donors (Lipinski definition) is 0. The van der Waals surface area contributed by atoms with Crippen LogP contribution in [0.15, 0.2) is 4.01 Å². The topological polar surface area (TPSA) is 26.5 Å². The van der Waals surface area contributed by atoms with Crippen LogP contribution in [0.1, 0.15) is 0 Å². The summed E-state index contributed by atoms with van der Waals surface area (Å²) in [5.74, 6) is 0. The molecule has 0 N–H and O–H groups in total. The summed E-state index contributed by atoms with van der Waals surface area (Å²) in [4.78, 5) is 0. The molecule has 2 nitrogen and oxygen atoms in total. The maximum atomic E-state index is 3.88. The van der Waals surface area contributed by atoms with E-state index in [1.807, 2.05) is 0 Å². The Balaban J connectivity index is 2.32. The predicted octanol–water partition coefficient (Wildman–Crippen LogP) is -1.21. The maximum absolute atomic E-state index is 3.88. The van der Waals surface area contributed by atoms with Gasteiger partial charge in [0.05, 0.1) is 0 Å². The van der Waals surface area contributed by atoms with Crippen molar-refractivity contribution in [3.05, 3.63) is 0 Å². The normalized spacial score (nSPS) is 19.2. The first-order valence-electron chi connectivity index (χ1n) is 1.05. The van der Waals surface area contributed by atoms with E-state index in [-0.39, 0.29) is 0 Å². The van der Waals surface area contributed by atoms with Crippen LogP contribution in [0.4, 0.5) is 0 Å². The first kappa shape index (κ1) is 3.69. The Bertz CT molecular complexity index is 45.6. The molecule has 0 unspecified atom stereocenters. The van der Waals surface area contributed by atoms with Gasteiger partial charge in [-0.3, -0.25) is 0 Å². The van der Waals surface area contributed by atoms with Crippen LogP contribution in [0.5, 0.6) is 0 Å². The van der Waals surface area contributed by atoms with Gasteiger partial charge in [0.2, 0.25) is 0 Å². The molecule has 4 heteroatoms. The summed E-state index contributed by atoms with van der Waals surface area (Å²) < 4.78 is 7.76. The van der Waals surface area contributed by atoms with Crippen molar-refractivity contribution in [2.24, 2.45) is 4.01 Å². The minimum absolute atomic E-state index is 0.535. The molecule has 0 aromatic heterocycles. The molecule has 1 aliphatic heterocycles. The molecule has 0 bridgehead atoms. The summed E-state index contributed by atoms with van der Waals surface area (Å²) in [5, 5.41) is 0. The van der Waals surface area contributed by atoms with Gasteiger partial charge in [0.1, 0.15) is 0 Å². The van der Waals surface area contributed by atoms with Crippen molar-refractivity contribution in [1.29, 1.82) is 0 Å². The van der Waals surface area contributed by atoms with Crippen molar-refractivity contribution in [1.82, 2.24) is 4.33 Å². The second kappa shape index (κ2) is 1.83. The van der Waals surface area contributed by atoms with Gasteiger partial charge >= 0.3 is 41.4 Å². The van der Waals surface area contributed by atoms with Crippen LogP contribution < -0.4 is 4.33 Å². The number of hydrogen-bond acceptors (Lipinski definition) is 1. The van der Waals surface area contributed by atoms with Crippen molar-refractivity contribution in [3.63, 3.8) is 0 Å². The van der Waals surface area contributed by atoms with Gasteiger partial charge < -0.3 is 0 Å². The van der Waals surface area contributed by atoms with Gasteiger partial charge in [0, 0.05) is 0 Å². The molecule has 0 saturated carbocycles. The fourth-order valence-corrected chi connectivity index (χ4v) is 2.60. The molecule has 1 rings (SSSR count). The first-order valence-corrected chi connectivity index (χ1v) is 6.91. The zero-order chi connectivity index (χ0) is 3.54. The second-order valence-corrected chi connectivity index (χ2v) is 5.24. The Kier molecular flexibility index (Phi) is 1.35. The monoisotopic (exact) mass is 201 g/mol. The van der Waals surface area contributed by atoms with Crippen LogP contribution in [-0.2, 0) is 0 Å². The zero-order valence-corrected chi connectivity index (χ0v) is 5.71. The Morgan fingerprint density at radius 3 is 2.60 bits per heavy atom. The van der Waals surface area contributed by atoms with Crippen LogP contribution in [0.25, 0.3) is 0 Å². The summed E-state index contributed by atoms with van der Waals surface area (Å²) >= 11 is 1.07. The quantitative estimate of drug-likeness (QED) is 0.437. The average molecular weight is 199 g/mol. The minimum atomic E-state index is 0.535. The SMILES string of the molecule is C1=N[Se][Se][N]1. The fourth-order valence-electron chi connectivity index (χ4n) is 0.0962. The van der Waals surface area contributed by atoms with Gasteiger partial charge in [-0.1, -0.05) is 0 Å². The van der Waals surface area contributed by atoms with Crippen molar-refractivity contribution in [3.8, 4) is 0 Å². The Morgan fingerprint density at radius 2 is 2.40 bits per heavy atom. The van der Waals surface area contributed by atoms with Gasteiger partial charge in [-0.2, -0.15) is 0 Å². The van der Waals surface area contributed by atoms with Gasteiger partial charge in [-0.25, -0.2) is 0 Å². The first-order chi connectivity index (χ1) is 2.50. The third-order valence-electron chi connectivity index (χ3n) is 0.214. The molecule has 0 aromatic rings. The molecule has 0 spiro atoms. The van der Waals surface area contributed by atoms with E-state index in [1.54, 1.807) is 6.34 Å².